The molecule has 300 valence electrons. The fraction of sp³-hybridized carbons (Fsp3) is 0. The van der Waals surface area contributed by atoms with Gasteiger partial charge in [0, 0.05) is 22.5 Å². The number of nitrogens with zero attached hydrogens (tertiary/aromatic N) is 2. The number of ketones is 2. The van der Waals surface area contributed by atoms with E-state index in [0.717, 1.165) is 48.6 Å². The van der Waals surface area contributed by atoms with Crippen molar-refractivity contribution in [2.75, 3.05) is 22.3 Å². The van der Waals surface area contributed by atoms with Crippen LogP contribution in [0.2, 0.25) is 0 Å². The number of carbonyl (C=O) groups excluding carboxylic acids is 2. The molecule has 0 fully saturated rings. The van der Waals surface area contributed by atoms with Crippen molar-refractivity contribution in [2.45, 2.75) is 9.79 Å². The Morgan fingerprint density at radius 3 is 1.13 bits per heavy atom. The molecule has 20 nitrogen and oxygen atoms in total. The molecule has 4 aromatic rings. The van der Waals surface area contributed by atoms with Crippen LogP contribution in [0.25, 0.3) is 24.3 Å². The van der Waals surface area contributed by atoms with Crippen molar-refractivity contribution < 1.29 is 137 Å². The number of anilines is 4. The fourth-order valence-electron chi connectivity index (χ4n) is 5.65. The van der Waals surface area contributed by atoms with E-state index in [1.54, 1.807) is 0 Å². The Balaban J connectivity index is 0.00000331. The van der Waals surface area contributed by atoms with E-state index in [4.69, 9.17) is 11.5 Å². The molecule has 28 heteroatoms. The molecule has 0 saturated heterocycles. The molecule has 0 spiro atoms. The number of nitrogens with two attached hydrogens (primary N) is 2. The molecule has 2 aliphatic rings. The third-order valence-corrected chi connectivity index (χ3v) is 11.8. The molecule has 2 aliphatic carbocycles. The SMILES string of the molecule is Nc1ccc2c(c1)C(=O)/C(=N/Nc1ccc(/C=C/c3ccc(N/N=C4/C(=O)c5cc(N)ccc5C=C4S(=O)(=O)O)cc3S(=O)(=O)O)c(S(=O)(=O)O)c1)C(S(=O)(=O)O)=C2.[Li+].[Li+].[Li+].[Li+]. The smallest absolute Gasteiger partial charge is 0.399 e. The van der Waals surface area contributed by atoms with Crippen molar-refractivity contribution in [2.24, 2.45) is 10.2 Å². The maximum absolute atomic E-state index is 13.2. The molecule has 62 heavy (non-hydrogen) atoms. The largest absolute Gasteiger partial charge is 1.00 e. The molecule has 0 aliphatic heterocycles. The first-order valence-corrected chi connectivity index (χ1v) is 21.5. The first-order chi connectivity index (χ1) is 26.9. The summed E-state index contributed by atoms with van der Waals surface area (Å²) in [6.07, 6.45) is 4.03. The summed E-state index contributed by atoms with van der Waals surface area (Å²) in [6.45, 7) is 0. The van der Waals surface area contributed by atoms with Crippen molar-refractivity contribution in [1.82, 2.24) is 0 Å². The molecule has 0 atom stereocenters. The van der Waals surface area contributed by atoms with Gasteiger partial charge >= 0.3 is 75.4 Å². The Morgan fingerprint density at radius 1 is 0.484 bits per heavy atom. The minimum absolute atomic E-state index is 0. The maximum atomic E-state index is 13.2. The van der Waals surface area contributed by atoms with Crippen LogP contribution in [0.3, 0.4) is 0 Å². The van der Waals surface area contributed by atoms with Gasteiger partial charge in [-0.15, -0.1) is 0 Å². The fourth-order valence-corrected chi connectivity index (χ4v) is 8.38. The molecule has 0 amide bonds. The van der Waals surface area contributed by atoms with E-state index in [2.05, 4.69) is 21.1 Å². The number of nitrogen functional groups attached to an aromatic ring is 2. The molecule has 4 aromatic carbocycles. The monoisotopic (exact) mass is 898 g/mol. The van der Waals surface area contributed by atoms with Crippen molar-refractivity contribution in [1.29, 1.82) is 0 Å². The van der Waals surface area contributed by atoms with Crippen LogP contribution >= 0.6 is 0 Å². The number of hydrogen-bond donors (Lipinski definition) is 8. The first kappa shape index (κ1) is 54.1. The van der Waals surface area contributed by atoms with Gasteiger partial charge in [-0.1, -0.05) is 36.4 Å². The van der Waals surface area contributed by atoms with Gasteiger partial charge in [-0.3, -0.25) is 38.7 Å². The van der Waals surface area contributed by atoms with Crippen LogP contribution in [0.5, 0.6) is 0 Å². The molecule has 0 radical (unpaired) electrons. The predicted molar refractivity (Wildman–Crippen MR) is 213 cm³/mol. The van der Waals surface area contributed by atoms with E-state index in [1.807, 2.05) is 0 Å². The van der Waals surface area contributed by atoms with Crippen molar-refractivity contribution in [3.05, 3.63) is 116 Å². The number of rotatable bonds is 10. The summed E-state index contributed by atoms with van der Waals surface area (Å²) in [7, 11) is -20.1. The predicted octanol–water partition coefficient (Wildman–Crippen LogP) is -8.68. The topological polar surface area (TPSA) is 352 Å². The summed E-state index contributed by atoms with van der Waals surface area (Å²) in [5, 5.41) is 7.56. The summed E-state index contributed by atoms with van der Waals surface area (Å²) < 4.78 is 138. The van der Waals surface area contributed by atoms with Crippen molar-refractivity contribution >= 4 is 111 Å². The van der Waals surface area contributed by atoms with Crippen LogP contribution in [-0.4, -0.2) is 74.9 Å². The van der Waals surface area contributed by atoms with E-state index in [9.17, 15) is 61.5 Å². The first-order valence-electron chi connectivity index (χ1n) is 15.8. The molecular formula is C34H26Li4N6O14S4+4. The normalized spacial score (nSPS) is 15.2. The van der Waals surface area contributed by atoms with Gasteiger partial charge in [0.05, 0.1) is 11.4 Å². The van der Waals surface area contributed by atoms with Gasteiger partial charge in [-0.05, 0) is 82.9 Å². The second-order valence-corrected chi connectivity index (χ2v) is 17.8. The molecular weight excluding hydrogens is 872 g/mol. The Hall–Kier alpha value is -3.99. The maximum Gasteiger partial charge on any atom is 1.00 e. The summed E-state index contributed by atoms with van der Waals surface area (Å²) >= 11 is 0. The minimum atomic E-state index is -5.06. The van der Waals surface area contributed by atoms with Crippen LogP contribution in [0.4, 0.5) is 22.7 Å². The standard InChI is InChI=1S/C34H26N6O14S4.4Li/c35-21-7-3-19-11-29(57(49,50)51)31(33(41)25(19)13-21)39-37-23-9-5-17(27(15-23)55(43,44)45)1-2-18-6-10-24(16-28(18)56(46,47)48)38-40-32-30(58(52,53)54)12-20-4-8-22(36)14-26(20)34(32)42;;;;/h1-16,37-38H,35-36H2,(H,43,44,45)(H,46,47,48)(H,49,50,51)(H,52,53,54);;;;/q;4*+1/b2-1+,39-31+,40-32+;;;;. The summed E-state index contributed by atoms with van der Waals surface area (Å²) in [5.41, 5.74) is 14.1. The number of carbonyl (C=O) groups is 2. The third-order valence-electron chi connectivity index (χ3n) is 8.29. The van der Waals surface area contributed by atoms with Gasteiger partial charge in [0.25, 0.3) is 40.5 Å². The minimum Gasteiger partial charge on any atom is -0.399 e. The van der Waals surface area contributed by atoms with E-state index in [-0.39, 0.29) is 132 Å². The van der Waals surface area contributed by atoms with E-state index >= 15 is 0 Å². The zero-order valence-corrected chi connectivity index (χ0v) is 36.1. The van der Waals surface area contributed by atoms with Gasteiger partial charge in [0.1, 0.15) is 19.6 Å². The van der Waals surface area contributed by atoms with E-state index in [0.29, 0.717) is 0 Å². The Labute approximate surface area is 402 Å². The number of hydrogen-bond acceptors (Lipinski definition) is 16. The number of allylic oxidation sites excluding steroid dienone is 2. The zero-order valence-electron chi connectivity index (χ0n) is 32.8. The number of hydrazone groups is 2. The van der Waals surface area contributed by atoms with Crippen molar-refractivity contribution in [3.63, 3.8) is 0 Å². The van der Waals surface area contributed by atoms with Gasteiger partial charge in [-0.2, -0.15) is 43.9 Å². The van der Waals surface area contributed by atoms with E-state index in [1.165, 1.54) is 48.5 Å². The van der Waals surface area contributed by atoms with Gasteiger partial charge < -0.3 is 11.5 Å². The van der Waals surface area contributed by atoms with Gasteiger partial charge in [-0.25, -0.2) is 0 Å². The van der Waals surface area contributed by atoms with Crippen LogP contribution in [0, 0.1) is 0 Å². The molecule has 0 saturated carbocycles. The average molecular weight is 899 g/mol. The Bertz CT molecular complexity index is 2930. The van der Waals surface area contributed by atoms with Crippen LogP contribution in [-0.2, 0) is 40.5 Å². The second kappa shape index (κ2) is 20.2. The van der Waals surface area contributed by atoms with Crippen LogP contribution in [0.15, 0.2) is 103 Å². The average Bonchev–Trinajstić information content (AvgIpc) is 3.12. The second-order valence-electron chi connectivity index (χ2n) is 12.3. The Morgan fingerprint density at radius 2 is 0.823 bits per heavy atom. The molecule has 0 aromatic heterocycles. The van der Waals surface area contributed by atoms with Crippen molar-refractivity contribution in [3.8, 4) is 0 Å². The van der Waals surface area contributed by atoms with Crippen LogP contribution < -0.4 is 97.8 Å². The van der Waals surface area contributed by atoms with Gasteiger partial charge in [0.15, 0.2) is 11.4 Å². The molecule has 0 heterocycles. The van der Waals surface area contributed by atoms with Crippen LogP contribution in [0.1, 0.15) is 43.0 Å². The number of Topliss-reactive ketones (excluding diaryl/α,β-unsaturated/α-hetero) is 2. The quantitative estimate of drug-likeness (QED) is 0.0241. The summed E-state index contributed by atoms with van der Waals surface area (Å²) in [6, 6.07) is 14.2. The molecule has 6 rings (SSSR count). The number of fused-ring (bicyclic) bond motifs is 2. The number of benzene rings is 4. The molecule has 0 unspecified atom stereocenters. The summed E-state index contributed by atoms with van der Waals surface area (Å²) in [5.74, 6) is -1.91. The summed E-state index contributed by atoms with van der Waals surface area (Å²) in [4.78, 5) is 23.0. The zero-order chi connectivity index (χ0) is 42.5. The van der Waals surface area contributed by atoms with Gasteiger partial charge in [0.2, 0.25) is 11.6 Å². The number of nitrogens with one attached hydrogen (secondary N) is 2. The molecule has 10 N–H and O–H groups in total. The van der Waals surface area contributed by atoms with E-state index < -0.39 is 83.1 Å². The molecule has 0 bridgehead atoms. The third kappa shape index (κ3) is 12.0. The Kier molecular flexibility index (Phi) is 17.7.